The van der Waals surface area contributed by atoms with E-state index in [4.69, 9.17) is 10.5 Å². The third-order valence-corrected chi connectivity index (χ3v) is 4.82. The fourth-order valence-corrected chi connectivity index (χ4v) is 3.42. The summed E-state index contributed by atoms with van der Waals surface area (Å²) in [6.45, 7) is 0. The molecule has 0 bridgehead atoms. The van der Waals surface area contributed by atoms with Crippen molar-refractivity contribution in [3.8, 4) is 11.8 Å². The molecule has 2 heterocycles. The molecule has 0 saturated carbocycles. The minimum atomic E-state index is -0.574. The molecule has 0 aliphatic carbocycles. The van der Waals surface area contributed by atoms with Crippen molar-refractivity contribution in [1.29, 1.82) is 5.26 Å². The van der Waals surface area contributed by atoms with Crippen LogP contribution in [0.2, 0.25) is 0 Å². The molecule has 3 aromatic rings. The third-order valence-electron chi connectivity index (χ3n) is 4.29. The monoisotopic (exact) mass is 393 g/mol. The molecular weight excluding hydrogens is 382 g/mol. The van der Waals surface area contributed by atoms with Crippen molar-refractivity contribution in [2.75, 3.05) is 0 Å². The first-order valence-electron chi connectivity index (χ1n) is 7.58. The van der Waals surface area contributed by atoms with Gasteiger partial charge in [-0.3, -0.25) is 4.79 Å². The molecule has 3 N–H and O–H groups in total. The Hall–Kier alpha value is -3.04. The average Bonchev–Trinajstić information content (AvgIpc) is 2.61. The fraction of sp³-hybridized carbons (Fsp3) is 0.0526. The number of benzene rings is 2. The number of allylic oxidation sites excluding steroid dienone is 1. The maximum Gasteiger partial charge on any atom is 0.256 e. The van der Waals surface area contributed by atoms with Crippen LogP contribution in [0.15, 0.2) is 69.3 Å². The van der Waals surface area contributed by atoms with Crippen molar-refractivity contribution in [2.45, 2.75) is 5.92 Å². The van der Waals surface area contributed by atoms with Crippen LogP contribution < -0.4 is 16.0 Å². The fourth-order valence-electron chi connectivity index (χ4n) is 3.16. The molecule has 0 fully saturated rings. The van der Waals surface area contributed by atoms with E-state index in [0.717, 1.165) is 15.4 Å². The van der Waals surface area contributed by atoms with Gasteiger partial charge in [0.25, 0.3) is 5.56 Å². The molecule has 1 atom stereocenters. The van der Waals surface area contributed by atoms with Crippen LogP contribution in [-0.4, -0.2) is 4.98 Å². The number of aromatic amines is 1. The molecule has 0 amide bonds. The van der Waals surface area contributed by atoms with E-state index in [0.29, 0.717) is 16.8 Å². The van der Waals surface area contributed by atoms with Gasteiger partial charge in [-0.1, -0.05) is 40.2 Å². The predicted molar refractivity (Wildman–Crippen MR) is 98.0 cm³/mol. The average molecular weight is 394 g/mol. The zero-order valence-corrected chi connectivity index (χ0v) is 14.5. The zero-order chi connectivity index (χ0) is 17.6. The maximum atomic E-state index is 12.8. The Balaban J connectivity index is 2.08. The van der Waals surface area contributed by atoms with Crippen molar-refractivity contribution in [2.24, 2.45) is 5.73 Å². The Bertz CT molecular complexity index is 1120. The number of aromatic nitrogens is 1. The minimum Gasteiger partial charge on any atom is -0.439 e. The highest BCUT2D eigenvalue weighted by molar-refractivity contribution is 9.10. The number of hydrogen-bond donors (Lipinski definition) is 2. The van der Waals surface area contributed by atoms with Crippen LogP contribution in [0.3, 0.4) is 0 Å². The number of fused-ring (bicyclic) bond motifs is 3. The van der Waals surface area contributed by atoms with Crippen molar-refractivity contribution >= 4 is 26.8 Å². The summed E-state index contributed by atoms with van der Waals surface area (Å²) in [5, 5.41) is 10.3. The third kappa shape index (κ3) is 2.41. The Morgan fingerprint density at radius 3 is 2.60 bits per heavy atom. The van der Waals surface area contributed by atoms with Crippen molar-refractivity contribution in [1.82, 2.24) is 4.98 Å². The molecule has 1 unspecified atom stereocenters. The quantitative estimate of drug-likeness (QED) is 0.661. The van der Waals surface area contributed by atoms with Crippen molar-refractivity contribution in [3.63, 3.8) is 0 Å². The van der Waals surface area contributed by atoms with Gasteiger partial charge in [0.05, 0.1) is 17.0 Å². The van der Waals surface area contributed by atoms with Gasteiger partial charge in [0.1, 0.15) is 17.4 Å². The van der Waals surface area contributed by atoms with Crippen molar-refractivity contribution in [3.05, 3.63) is 85.9 Å². The van der Waals surface area contributed by atoms with Crippen LogP contribution >= 0.6 is 15.9 Å². The van der Waals surface area contributed by atoms with E-state index >= 15 is 0 Å². The smallest absolute Gasteiger partial charge is 0.256 e. The number of H-pyrrole nitrogens is 1. The first-order valence-corrected chi connectivity index (χ1v) is 8.37. The molecule has 1 aliphatic heterocycles. The maximum absolute atomic E-state index is 12.8. The lowest BCUT2D eigenvalue weighted by molar-refractivity contribution is 0.397. The second-order valence-corrected chi connectivity index (χ2v) is 6.63. The number of halogens is 1. The summed E-state index contributed by atoms with van der Waals surface area (Å²) in [7, 11) is 0. The SMILES string of the molecule is N#CC1=C(N)Oc2c(c(=O)[nH]c3ccccc23)C1c1ccc(Br)cc1. The van der Waals surface area contributed by atoms with E-state index < -0.39 is 5.92 Å². The summed E-state index contributed by atoms with van der Waals surface area (Å²) in [5.74, 6) is -0.141. The summed E-state index contributed by atoms with van der Waals surface area (Å²) in [5.41, 5.74) is 7.81. The summed E-state index contributed by atoms with van der Waals surface area (Å²) in [6.07, 6.45) is 0. The lowest BCUT2D eigenvalue weighted by Gasteiger charge is -2.26. The van der Waals surface area contributed by atoms with Crippen molar-refractivity contribution < 1.29 is 4.74 Å². The van der Waals surface area contributed by atoms with E-state index in [1.807, 2.05) is 42.5 Å². The number of nitrogens with two attached hydrogens (primary N) is 1. The predicted octanol–water partition coefficient (Wildman–Crippen LogP) is 3.51. The van der Waals surface area contributed by atoms with E-state index in [1.54, 1.807) is 6.07 Å². The number of nitrogens with zero attached hydrogens (tertiary/aromatic N) is 1. The van der Waals surface area contributed by atoms with Gasteiger partial charge in [-0.25, -0.2) is 0 Å². The highest BCUT2D eigenvalue weighted by Crippen LogP contribution is 2.42. The Morgan fingerprint density at radius 2 is 1.88 bits per heavy atom. The molecule has 0 spiro atoms. The molecule has 6 heteroatoms. The van der Waals surface area contributed by atoms with Gasteiger partial charge in [-0.05, 0) is 29.8 Å². The number of para-hydroxylation sites is 1. The number of hydrogen-bond acceptors (Lipinski definition) is 4. The molecule has 0 saturated heterocycles. The first kappa shape index (κ1) is 15.5. The number of ether oxygens (including phenoxy) is 1. The molecule has 5 nitrogen and oxygen atoms in total. The van der Waals surface area contributed by atoms with Crippen LogP contribution in [0, 0.1) is 11.3 Å². The highest BCUT2D eigenvalue weighted by Gasteiger charge is 2.34. The van der Waals surface area contributed by atoms with Crippen LogP contribution in [0.4, 0.5) is 0 Å². The van der Waals surface area contributed by atoms with Crippen LogP contribution in [0.25, 0.3) is 10.9 Å². The second kappa shape index (κ2) is 5.80. The van der Waals surface area contributed by atoms with Crippen LogP contribution in [0.5, 0.6) is 5.75 Å². The molecule has 4 rings (SSSR count). The van der Waals surface area contributed by atoms with Gasteiger partial charge < -0.3 is 15.5 Å². The summed E-state index contributed by atoms with van der Waals surface area (Å²) in [4.78, 5) is 15.6. The second-order valence-electron chi connectivity index (χ2n) is 5.72. The van der Waals surface area contributed by atoms with Gasteiger partial charge >= 0.3 is 0 Å². The molecule has 25 heavy (non-hydrogen) atoms. The topological polar surface area (TPSA) is 91.9 Å². The first-order chi connectivity index (χ1) is 12.1. The highest BCUT2D eigenvalue weighted by atomic mass is 79.9. The van der Waals surface area contributed by atoms with Gasteiger partial charge in [-0.2, -0.15) is 5.26 Å². The molecular formula is C19H12BrN3O2. The molecule has 2 aromatic carbocycles. The zero-order valence-electron chi connectivity index (χ0n) is 12.9. The number of rotatable bonds is 1. The lowest BCUT2D eigenvalue weighted by Crippen LogP contribution is -2.27. The molecule has 1 aliphatic rings. The molecule has 0 radical (unpaired) electrons. The Labute approximate surface area is 151 Å². The van der Waals surface area contributed by atoms with Gasteiger partial charge in [0, 0.05) is 9.86 Å². The molecule has 122 valence electrons. The number of nitriles is 1. The summed E-state index contributed by atoms with van der Waals surface area (Å²) in [6, 6.07) is 16.9. The summed E-state index contributed by atoms with van der Waals surface area (Å²) >= 11 is 3.40. The Kier molecular flexibility index (Phi) is 3.59. The normalized spacial score (nSPS) is 16.2. The largest absolute Gasteiger partial charge is 0.439 e. The number of nitrogens with one attached hydrogen (secondary N) is 1. The minimum absolute atomic E-state index is 0.0265. The Morgan fingerprint density at radius 1 is 1.16 bits per heavy atom. The van der Waals surface area contributed by atoms with Gasteiger partial charge in [-0.15, -0.1) is 0 Å². The van der Waals surface area contributed by atoms with E-state index in [9.17, 15) is 10.1 Å². The van der Waals surface area contributed by atoms with E-state index in [-0.39, 0.29) is 17.0 Å². The van der Waals surface area contributed by atoms with Crippen LogP contribution in [0.1, 0.15) is 17.0 Å². The van der Waals surface area contributed by atoms with Gasteiger partial charge in [0.15, 0.2) is 0 Å². The standard InChI is InChI=1S/C19H12BrN3O2/c20-11-7-5-10(6-8-11)15-13(9-21)18(22)25-17-12-3-1-2-4-14(12)23-19(24)16(15)17/h1-8,15H,22H2,(H,23,24). The van der Waals surface area contributed by atoms with E-state index in [1.165, 1.54) is 0 Å². The molecule has 1 aromatic heterocycles. The van der Waals surface area contributed by atoms with Gasteiger partial charge in [0.2, 0.25) is 5.88 Å². The number of pyridine rings is 1. The van der Waals surface area contributed by atoms with E-state index in [2.05, 4.69) is 27.0 Å². The lowest BCUT2D eigenvalue weighted by atomic mass is 9.83. The summed E-state index contributed by atoms with van der Waals surface area (Å²) < 4.78 is 6.62. The van der Waals surface area contributed by atoms with Crippen LogP contribution in [-0.2, 0) is 0 Å².